The van der Waals surface area contributed by atoms with E-state index in [1.54, 1.807) is 0 Å². The van der Waals surface area contributed by atoms with E-state index in [1.807, 2.05) is 0 Å². The molecule has 0 heterocycles. The van der Waals surface area contributed by atoms with Crippen molar-refractivity contribution in [1.29, 1.82) is 0 Å². The first-order valence-corrected chi connectivity index (χ1v) is 7.03. The van der Waals surface area contributed by atoms with E-state index in [4.69, 9.17) is 0 Å². The Morgan fingerprint density at radius 2 is 2.00 bits per heavy atom. The predicted octanol–water partition coefficient (Wildman–Crippen LogP) is 2.51. The lowest BCUT2D eigenvalue weighted by molar-refractivity contribution is -0.144. The van der Waals surface area contributed by atoms with Crippen LogP contribution in [0.15, 0.2) is 0 Å². The summed E-state index contributed by atoms with van der Waals surface area (Å²) in [5.74, 6) is 0.886. The summed E-state index contributed by atoms with van der Waals surface area (Å²) in [5.41, 5.74) is 0. The number of hydrogen-bond acceptors (Lipinski definition) is 2. The van der Waals surface area contributed by atoms with Gasteiger partial charge in [0.15, 0.2) is 0 Å². The first-order chi connectivity index (χ1) is 8.04. The van der Waals surface area contributed by atoms with E-state index >= 15 is 0 Å². The van der Waals surface area contributed by atoms with Gasteiger partial charge < -0.3 is 10.4 Å². The van der Waals surface area contributed by atoms with Gasteiger partial charge in [0.2, 0.25) is 0 Å². The van der Waals surface area contributed by atoms with Crippen molar-refractivity contribution in [3.05, 3.63) is 0 Å². The molecule has 0 radical (unpaired) electrons. The molecular formula is C14H25NO2. The molecular weight excluding hydrogens is 214 g/mol. The van der Waals surface area contributed by atoms with Gasteiger partial charge in [0.1, 0.15) is 0 Å². The lowest BCUT2D eigenvalue weighted by atomic mass is 9.83. The molecule has 98 valence electrons. The second-order valence-electron chi connectivity index (χ2n) is 6.15. The van der Waals surface area contributed by atoms with E-state index in [2.05, 4.69) is 26.1 Å². The van der Waals surface area contributed by atoms with E-state index in [-0.39, 0.29) is 12.0 Å². The zero-order valence-electron chi connectivity index (χ0n) is 11.1. The van der Waals surface area contributed by atoms with Crippen molar-refractivity contribution in [2.45, 2.75) is 58.5 Å². The number of carboxylic acid groups (broad SMARTS) is 1. The predicted molar refractivity (Wildman–Crippen MR) is 67.8 cm³/mol. The van der Waals surface area contributed by atoms with Gasteiger partial charge in [-0.05, 0) is 43.4 Å². The minimum absolute atomic E-state index is 0.137. The molecule has 2 aliphatic carbocycles. The summed E-state index contributed by atoms with van der Waals surface area (Å²) < 4.78 is 0. The summed E-state index contributed by atoms with van der Waals surface area (Å²) in [6, 6.07) is 0.680. The zero-order valence-corrected chi connectivity index (χ0v) is 11.1. The van der Waals surface area contributed by atoms with Crippen LogP contribution in [0, 0.1) is 23.7 Å². The van der Waals surface area contributed by atoms with E-state index in [0.29, 0.717) is 23.8 Å². The summed E-state index contributed by atoms with van der Waals surface area (Å²) in [6.07, 6.45) is 4.56. The van der Waals surface area contributed by atoms with Crippen molar-refractivity contribution in [3.8, 4) is 0 Å². The van der Waals surface area contributed by atoms with Crippen LogP contribution < -0.4 is 5.32 Å². The molecule has 0 aromatic rings. The number of rotatable bonds is 5. The monoisotopic (exact) mass is 239 g/mol. The maximum Gasteiger partial charge on any atom is 0.308 e. The Bertz CT molecular complexity index is 290. The van der Waals surface area contributed by atoms with Crippen molar-refractivity contribution in [1.82, 2.24) is 5.32 Å². The Morgan fingerprint density at radius 3 is 2.53 bits per heavy atom. The molecule has 0 aromatic carbocycles. The van der Waals surface area contributed by atoms with E-state index in [9.17, 15) is 9.90 Å². The molecule has 3 heteroatoms. The molecule has 0 spiro atoms. The highest BCUT2D eigenvalue weighted by Gasteiger charge is 2.51. The molecule has 17 heavy (non-hydrogen) atoms. The standard InChI is InChI=1S/C14H25NO2/c1-4-11(8(2)3)15-13-10-6-5-9(7-10)12(13)14(16)17/h8-13,15H,4-7H2,1-3H3,(H,16,17). The second kappa shape index (κ2) is 4.97. The SMILES string of the molecule is CCC(NC1C2CCC(C2)C1C(=O)O)C(C)C. The second-order valence-corrected chi connectivity index (χ2v) is 6.15. The number of fused-ring (bicyclic) bond motifs is 2. The molecule has 0 amide bonds. The highest BCUT2D eigenvalue weighted by Crippen LogP contribution is 2.48. The van der Waals surface area contributed by atoms with Crippen LogP contribution in [-0.4, -0.2) is 23.2 Å². The molecule has 3 nitrogen and oxygen atoms in total. The topological polar surface area (TPSA) is 49.3 Å². The van der Waals surface area contributed by atoms with E-state index in [0.717, 1.165) is 19.3 Å². The van der Waals surface area contributed by atoms with Crippen molar-refractivity contribution >= 4 is 5.97 Å². The quantitative estimate of drug-likeness (QED) is 0.775. The van der Waals surface area contributed by atoms with Crippen LogP contribution in [0.4, 0.5) is 0 Å². The molecule has 0 saturated heterocycles. The van der Waals surface area contributed by atoms with Crippen molar-refractivity contribution in [2.24, 2.45) is 23.7 Å². The fourth-order valence-electron chi connectivity index (χ4n) is 3.92. The minimum atomic E-state index is -0.590. The van der Waals surface area contributed by atoms with Gasteiger partial charge in [0.25, 0.3) is 0 Å². The van der Waals surface area contributed by atoms with Gasteiger partial charge in [-0.15, -0.1) is 0 Å². The van der Waals surface area contributed by atoms with Gasteiger partial charge >= 0.3 is 5.97 Å². The van der Waals surface area contributed by atoms with Gasteiger partial charge in [-0.1, -0.05) is 20.8 Å². The Hall–Kier alpha value is -0.570. The number of carboxylic acids is 1. The van der Waals surface area contributed by atoms with Gasteiger partial charge in [0, 0.05) is 12.1 Å². The first kappa shape index (κ1) is 12.9. The zero-order chi connectivity index (χ0) is 12.6. The Kier molecular flexibility index (Phi) is 3.76. The van der Waals surface area contributed by atoms with Gasteiger partial charge in [-0.2, -0.15) is 0 Å². The van der Waals surface area contributed by atoms with E-state index in [1.165, 1.54) is 6.42 Å². The largest absolute Gasteiger partial charge is 0.481 e. The smallest absolute Gasteiger partial charge is 0.308 e. The average Bonchev–Trinajstić information content (AvgIpc) is 2.84. The highest BCUT2D eigenvalue weighted by atomic mass is 16.4. The van der Waals surface area contributed by atoms with Crippen LogP contribution >= 0.6 is 0 Å². The van der Waals surface area contributed by atoms with Crippen molar-refractivity contribution < 1.29 is 9.90 Å². The third kappa shape index (κ3) is 2.35. The lowest BCUT2D eigenvalue weighted by Crippen LogP contribution is -2.49. The van der Waals surface area contributed by atoms with Gasteiger partial charge in [-0.3, -0.25) is 4.79 Å². The molecule has 2 bridgehead atoms. The molecule has 0 aromatic heterocycles. The Labute approximate surface area is 104 Å². The number of carbonyl (C=O) groups is 1. The summed E-state index contributed by atoms with van der Waals surface area (Å²) >= 11 is 0. The normalized spacial score (nSPS) is 37.6. The Morgan fingerprint density at radius 1 is 1.35 bits per heavy atom. The summed E-state index contributed by atoms with van der Waals surface area (Å²) in [7, 11) is 0. The highest BCUT2D eigenvalue weighted by molar-refractivity contribution is 5.72. The number of aliphatic carboxylic acids is 1. The molecule has 2 saturated carbocycles. The van der Waals surface area contributed by atoms with E-state index < -0.39 is 5.97 Å². The third-order valence-electron chi connectivity index (χ3n) is 4.85. The number of nitrogens with one attached hydrogen (secondary N) is 1. The first-order valence-electron chi connectivity index (χ1n) is 7.03. The average molecular weight is 239 g/mol. The van der Waals surface area contributed by atoms with Crippen molar-refractivity contribution in [3.63, 3.8) is 0 Å². The van der Waals surface area contributed by atoms with Gasteiger partial charge in [0.05, 0.1) is 5.92 Å². The Balaban J connectivity index is 2.06. The van der Waals surface area contributed by atoms with Crippen molar-refractivity contribution in [2.75, 3.05) is 0 Å². The lowest BCUT2D eigenvalue weighted by Gasteiger charge is -2.34. The van der Waals surface area contributed by atoms with Crippen LogP contribution in [0.5, 0.6) is 0 Å². The molecule has 2 rings (SSSR count). The molecule has 2 N–H and O–H groups in total. The summed E-state index contributed by atoms with van der Waals surface area (Å²) in [4.78, 5) is 11.4. The summed E-state index contributed by atoms with van der Waals surface area (Å²) in [5, 5.41) is 13.0. The molecule has 2 fully saturated rings. The van der Waals surface area contributed by atoms with Crippen LogP contribution in [0.25, 0.3) is 0 Å². The maximum absolute atomic E-state index is 11.4. The van der Waals surface area contributed by atoms with Crippen LogP contribution in [0.1, 0.15) is 46.5 Å². The fourth-order valence-corrected chi connectivity index (χ4v) is 3.92. The molecule has 5 atom stereocenters. The molecule has 2 aliphatic rings. The van der Waals surface area contributed by atoms with Crippen LogP contribution in [0.2, 0.25) is 0 Å². The molecule has 5 unspecified atom stereocenters. The van der Waals surface area contributed by atoms with Crippen LogP contribution in [0.3, 0.4) is 0 Å². The summed E-state index contributed by atoms with van der Waals surface area (Å²) in [6.45, 7) is 6.61. The fraction of sp³-hybridized carbons (Fsp3) is 0.929. The third-order valence-corrected chi connectivity index (χ3v) is 4.85. The van der Waals surface area contributed by atoms with Gasteiger partial charge in [-0.25, -0.2) is 0 Å². The maximum atomic E-state index is 11.4. The minimum Gasteiger partial charge on any atom is -0.481 e. The number of hydrogen-bond donors (Lipinski definition) is 2. The molecule has 0 aliphatic heterocycles. The van der Waals surface area contributed by atoms with Crippen LogP contribution in [-0.2, 0) is 4.79 Å².